The molecule has 27 heavy (non-hydrogen) atoms. The first-order chi connectivity index (χ1) is 12.9. The van der Waals surface area contributed by atoms with Crippen LogP contribution in [0.5, 0.6) is 0 Å². The Morgan fingerprint density at radius 3 is 2.33 bits per heavy atom. The predicted molar refractivity (Wildman–Crippen MR) is 115 cm³/mol. The lowest BCUT2D eigenvalue weighted by atomic mass is 10.0. The molecule has 0 aliphatic heterocycles. The maximum Gasteiger partial charge on any atom is 0.277 e. The second-order valence-electron chi connectivity index (χ2n) is 5.55. The summed E-state index contributed by atoms with van der Waals surface area (Å²) in [6, 6.07) is 18.8. The molecule has 0 fully saturated rings. The van der Waals surface area contributed by atoms with Crippen LogP contribution in [0.1, 0.15) is 0 Å². The van der Waals surface area contributed by atoms with Gasteiger partial charge in [0.1, 0.15) is 0 Å². The average molecular weight is 418 g/mol. The minimum Gasteiger partial charge on any atom is -0.332 e. The van der Waals surface area contributed by atoms with Crippen LogP contribution in [-0.2, 0) is 0 Å². The molecule has 0 saturated carbocycles. The molecular formula is C19H13Cl2N3O2S. The van der Waals surface area contributed by atoms with Crippen molar-refractivity contribution in [2.45, 2.75) is 0 Å². The second kappa shape index (κ2) is 8.35. The first-order valence-corrected chi connectivity index (χ1v) is 8.97. The van der Waals surface area contributed by atoms with E-state index >= 15 is 0 Å². The molecule has 136 valence electrons. The number of para-hydroxylation sites is 1. The second-order valence-corrected chi connectivity index (χ2v) is 6.81. The fourth-order valence-corrected chi connectivity index (χ4v) is 3.17. The highest BCUT2D eigenvalue weighted by Crippen LogP contribution is 2.30. The highest BCUT2D eigenvalue weighted by atomic mass is 35.5. The minimum atomic E-state index is -0.392. The highest BCUT2D eigenvalue weighted by molar-refractivity contribution is 7.80. The van der Waals surface area contributed by atoms with Gasteiger partial charge in [0.05, 0.1) is 21.2 Å². The smallest absolute Gasteiger partial charge is 0.277 e. The van der Waals surface area contributed by atoms with E-state index in [1.807, 2.05) is 0 Å². The lowest BCUT2D eigenvalue weighted by Gasteiger charge is -2.12. The molecule has 0 saturated heterocycles. The summed E-state index contributed by atoms with van der Waals surface area (Å²) in [4.78, 5) is 10.8. The maximum atomic E-state index is 11.2. The zero-order valence-corrected chi connectivity index (χ0v) is 16.1. The zero-order chi connectivity index (χ0) is 19.4. The van der Waals surface area contributed by atoms with Crippen LogP contribution in [0.3, 0.4) is 0 Å². The van der Waals surface area contributed by atoms with E-state index in [0.29, 0.717) is 26.4 Å². The number of hydrogen-bond donors (Lipinski definition) is 2. The number of nitro groups is 1. The molecule has 0 aromatic heterocycles. The molecule has 3 aromatic carbocycles. The number of rotatable bonds is 4. The van der Waals surface area contributed by atoms with E-state index in [4.69, 9.17) is 35.4 Å². The summed E-state index contributed by atoms with van der Waals surface area (Å²) in [7, 11) is 0. The topological polar surface area (TPSA) is 67.2 Å². The molecule has 0 aliphatic carbocycles. The van der Waals surface area contributed by atoms with Crippen molar-refractivity contribution in [3.05, 3.63) is 86.9 Å². The Labute approximate surface area is 171 Å². The van der Waals surface area contributed by atoms with Gasteiger partial charge >= 0.3 is 0 Å². The molecule has 0 heterocycles. The molecule has 0 unspecified atom stereocenters. The van der Waals surface area contributed by atoms with E-state index in [0.717, 1.165) is 11.3 Å². The van der Waals surface area contributed by atoms with Crippen molar-refractivity contribution >= 4 is 57.6 Å². The first-order valence-electron chi connectivity index (χ1n) is 7.81. The number of nitrogens with one attached hydrogen (secondary N) is 2. The van der Waals surface area contributed by atoms with E-state index in [-0.39, 0.29) is 5.69 Å². The van der Waals surface area contributed by atoms with Gasteiger partial charge in [0.2, 0.25) is 0 Å². The van der Waals surface area contributed by atoms with Crippen molar-refractivity contribution in [1.29, 1.82) is 0 Å². The van der Waals surface area contributed by atoms with E-state index in [1.165, 1.54) is 6.07 Å². The molecule has 3 rings (SSSR count). The van der Waals surface area contributed by atoms with Crippen molar-refractivity contribution in [3.63, 3.8) is 0 Å². The lowest BCUT2D eigenvalue weighted by molar-refractivity contribution is -0.384. The Hall–Kier alpha value is -2.67. The van der Waals surface area contributed by atoms with Crippen LogP contribution in [0.25, 0.3) is 11.1 Å². The van der Waals surface area contributed by atoms with Crippen LogP contribution < -0.4 is 10.6 Å². The predicted octanol–water partition coefficient (Wildman–Crippen LogP) is 6.38. The van der Waals surface area contributed by atoms with Gasteiger partial charge < -0.3 is 10.6 Å². The zero-order valence-electron chi connectivity index (χ0n) is 13.8. The molecule has 0 atom stereocenters. The van der Waals surface area contributed by atoms with E-state index in [1.54, 1.807) is 60.7 Å². The Morgan fingerprint density at radius 1 is 0.963 bits per heavy atom. The Kier molecular flexibility index (Phi) is 5.91. The van der Waals surface area contributed by atoms with Crippen LogP contribution >= 0.6 is 35.4 Å². The van der Waals surface area contributed by atoms with Crippen molar-refractivity contribution in [2.75, 3.05) is 10.6 Å². The number of benzene rings is 3. The molecular weight excluding hydrogens is 405 g/mol. The largest absolute Gasteiger partial charge is 0.332 e. The van der Waals surface area contributed by atoms with Gasteiger partial charge in [0.15, 0.2) is 5.11 Å². The van der Waals surface area contributed by atoms with Gasteiger partial charge in [-0.05, 0) is 54.2 Å². The number of anilines is 2. The van der Waals surface area contributed by atoms with Gasteiger partial charge in [-0.2, -0.15) is 0 Å². The third-order valence-corrected chi connectivity index (χ3v) is 4.49. The van der Waals surface area contributed by atoms with E-state index in [2.05, 4.69) is 10.6 Å². The Bertz CT molecular complexity index is 1010. The SMILES string of the molecule is O=[N+]([O-])c1ccccc1-c1ccc(NC(=S)Nc2ccc(Cl)cc2Cl)cc1. The Morgan fingerprint density at radius 2 is 1.67 bits per heavy atom. The summed E-state index contributed by atoms with van der Waals surface area (Å²) in [5, 5.41) is 18.6. The monoisotopic (exact) mass is 417 g/mol. The summed E-state index contributed by atoms with van der Waals surface area (Å²) in [6.45, 7) is 0. The van der Waals surface area contributed by atoms with Crippen molar-refractivity contribution in [2.24, 2.45) is 0 Å². The van der Waals surface area contributed by atoms with Gasteiger partial charge in [-0.3, -0.25) is 10.1 Å². The number of halogens is 2. The molecule has 2 N–H and O–H groups in total. The van der Waals surface area contributed by atoms with Crippen LogP contribution in [0.4, 0.5) is 17.1 Å². The number of nitro benzene ring substituents is 1. The van der Waals surface area contributed by atoms with Crippen molar-refractivity contribution in [1.82, 2.24) is 0 Å². The van der Waals surface area contributed by atoms with Crippen molar-refractivity contribution in [3.8, 4) is 11.1 Å². The molecule has 0 amide bonds. The molecule has 3 aromatic rings. The highest BCUT2D eigenvalue weighted by Gasteiger charge is 2.13. The van der Waals surface area contributed by atoms with Gasteiger partial charge in [-0.1, -0.05) is 47.5 Å². The number of nitrogens with zero attached hydrogens (tertiary/aromatic N) is 1. The lowest BCUT2D eigenvalue weighted by Crippen LogP contribution is -2.19. The normalized spacial score (nSPS) is 10.3. The maximum absolute atomic E-state index is 11.2. The molecule has 0 radical (unpaired) electrons. The molecule has 0 aliphatic rings. The van der Waals surface area contributed by atoms with Crippen LogP contribution in [0.2, 0.25) is 10.0 Å². The minimum absolute atomic E-state index is 0.0628. The molecule has 0 bridgehead atoms. The van der Waals surface area contributed by atoms with Crippen LogP contribution in [0, 0.1) is 10.1 Å². The van der Waals surface area contributed by atoms with Gasteiger partial charge in [0.25, 0.3) is 5.69 Å². The van der Waals surface area contributed by atoms with Crippen LogP contribution in [0.15, 0.2) is 66.7 Å². The third-order valence-electron chi connectivity index (χ3n) is 3.73. The van der Waals surface area contributed by atoms with Crippen molar-refractivity contribution < 1.29 is 4.92 Å². The average Bonchev–Trinajstić information content (AvgIpc) is 2.64. The number of thiocarbonyl (C=S) groups is 1. The summed E-state index contributed by atoms with van der Waals surface area (Å²) in [5.74, 6) is 0. The van der Waals surface area contributed by atoms with E-state index in [9.17, 15) is 10.1 Å². The molecule has 5 nitrogen and oxygen atoms in total. The fourth-order valence-electron chi connectivity index (χ4n) is 2.49. The Balaban J connectivity index is 1.73. The van der Waals surface area contributed by atoms with Gasteiger partial charge in [-0.15, -0.1) is 0 Å². The van der Waals surface area contributed by atoms with Gasteiger partial charge in [0, 0.05) is 16.8 Å². The number of hydrogen-bond acceptors (Lipinski definition) is 3. The summed E-state index contributed by atoms with van der Waals surface area (Å²) in [6.07, 6.45) is 0. The third kappa shape index (κ3) is 4.74. The quantitative estimate of drug-likeness (QED) is 0.293. The van der Waals surface area contributed by atoms with E-state index < -0.39 is 4.92 Å². The van der Waals surface area contributed by atoms with Crippen LogP contribution in [-0.4, -0.2) is 10.0 Å². The standard InChI is InChI=1S/C19H13Cl2N3O2S/c20-13-7-10-17(16(21)11-13)23-19(27)22-14-8-5-12(6-9-14)15-3-1-2-4-18(15)24(25)26/h1-11H,(H2,22,23,27). The fraction of sp³-hybridized carbons (Fsp3) is 0. The molecule has 8 heteroatoms. The molecule has 0 spiro atoms. The summed E-state index contributed by atoms with van der Waals surface area (Å²) in [5.41, 5.74) is 2.73. The van der Waals surface area contributed by atoms with Gasteiger partial charge in [-0.25, -0.2) is 0 Å². The summed E-state index contributed by atoms with van der Waals surface area (Å²) < 4.78 is 0. The summed E-state index contributed by atoms with van der Waals surface area (Å²) >= 11 is 17.3. The first kappa shape index (κ1) is 19.1.